The summed E-state index contributed by atoms with van der Waals surface area (Å²) < 4.78 is 0.907. The SMILES string of the molecule is CC(C)(C)c1ccc(NC(=O)CCc2ccc(Cl)cc2)c(Br)c1. The standard InChI is InChI=1S/C19H21BrClNO/c1-19(2,3)14-7-10-17(16(20)12-14)22-18(23)11-6-13-4-8-15(21)9-5-13/h4-5,7-10,12H,6,11H2,1-3H3,(H,22,23). The van der Waals surface area contributed by atoms with E-state index in [-0.39, 0.29) is 11.3 Å². The smallest absolute Gasteiger partial charge is 0.224 e. The van der Waals surface area contributed by atoms with Crippen LogP contribution in [0.25, 0.3) is 0 Å². The van der Waals surface area contributed by atoms with Gasteiger partial charge in [0.15, 0.2) is 0 Å². The van der Waals surface area contributed by atoms with Crippen LogP contribution in [-0.2, 0) is 16.6 Å². The molecule has 0 saturated heterocycles. The van der Waals surface area contributed by atoms with E-state index >= 15 is 0 Å². The molecule has 4 heteroatoms. The van der Waals surface area contributed by atoms with Crippen LogP contribution in [0.5, 0.6) is 0 Å². The van der Waals surface area contributed by atoms with Crippen molar-refractivity contribution in [1.29, 1.82) is 0 Å². The average Bonchev–Trinajstić information content (AvgIpc) is 2.48. The third kappa shape index (κ3) is 5.36. The molecule has 0 radical (unpaired) electrons. The minimum absolute atomic E-state index is 0.00385. The largest absolute Gasteiger partial charge is 0.325 e. The van der Waals surface area contributed by atoms with Crippen LogP contribution >= 0.6 is 27.5 Å². The molecule has 2 aromatic rings. The van der Waals surface area contributed by atoms with Crippen LogP contribution in [0.1, 0.15) is 38.3 Å². The number of carbonyl (C=O) groups is 1. The Bertz CT molecular complexity index is 690. The summed E-state index contributed by atoms with van der Waals surface area (Å²) >= 11 is 9.40. The fraction of sp³-hybridized carbons (Fsp3) is 0.316. The number of rotatable bonds is 4. The fourth-order valence-corrected chi connectivity index (χ4v) is 2.81. The predicted octanol–water partition coefficient (Wildman–Crippen LogP) is 5.97. The molecular formula is C19H21BrClNO. The van der Waals surface area contributed by atoms with Gasteiger partial charge in [0, 0.05) is 15.9 Å². The summed E-state index contributed by atoms with van der Waals surface area (Å²) in [6.45, 7) is 6.50. The van der Waals surface area contributed by atoms with E-state index in [0.29, 0.717) is 17.9 Å². The van der Waals surface area contributed by atoms with Gasteiger partial charge in [-0.1, -0.05) is 50.6 Å². The van der Waals surface area contributed by atoms with Crippen molar-refractivity contribution in [2.45, 2.75) is 39.0 Å². The topological polar surface area (TPSA) is 29.1 Å². The number of hydrogen-bond acceptors (Lipinski definition) is 1. The van der Waals surface area contributed by atoms with Crippen LogP contribution in [0.15, 0.2) is 46.9 Å². The summed E-state index contributed by atoms with van der Waals surface area (Å²) in [6.07, 6.45) is 1.13. The second-order valence-electron chi connectivity index (χ2n) is 6.62. The number of halogens is 2. The van der Waals surface area contributed by atoms with E-state index in [1.807, 2.05) is 30.3 Å². The Morgan fingerprint density at radius 3 is 2.35 bits per heavy atom. The number of nitrogens with one attached hydrogen (secondary N) is 1. The van der Waals surface area contributed by atoms with Crippen LogP contribution in [0.2, 0.25) is 5.02 Å². The Balaban J connectivity index is 1.96. The number of benzene rings is 2. The van der Waals surface area contributed by atoms with Crippen LogP contribution in [0.3, 0.4) is 0 Å². The molecule has 0 atom stereocenters. The van der Waals surface area contributed by atoms with Gasteiger partial charge in [-0.15, -0.1) is 0 Å². The minimum Gasteiger partial charge on any atom is -0.325 e. The Morgan fingerprint density at radius 2 is 1.78 bits per heavy atom. The van der Waals surface area contributed by atoms with Crippen molar-refractivity contribution in [3.63, 3.8) is 0 Å². The van der Waals surface area contributed by atoms with Gasteiger partial charge in [-0.3, -0.25) is 4.79 Å². The summed E-state index contributed by atoms with van der Waals surface area (Å²) in [6, 6.07) is 13.7. The van der Waals surface area contributed by atoms with E-state index < -0.39 is 0 Å². The fourth-order valence-electron chi connectivity index (χ4n) is 2.20. The third-order valence-corrected chi connectivity index (χ3v) is 4.57. The molecule has 0 aromatic heterocycles. The van der Waals surface area contributed by atoms with Crippen LogP contribution in [0, 0.1) is 0 Å². The van der Waals surface area contributed by atoms with Crippen molar-refractivity contribution in [3.8, 4) is 0 Å². The minimum atomic E-state index is 0.00385. The second-order valence-corrected chi connectivity index (χ2v) is 7.91. The van der Waals surface area contributed by atoms with E-state index in [4.69, 9.17) is 11.6 Å². The summed E-state index contributed by atoms with van der Waals surface area (Å²) in [5.74, 6) is 0.00385. The van der Waals surface area contributed by atoms with Gasteiger partial charge in [0.1, 0.15) is 0 Å². The Labute approximate surface area is 151 Å². The normalized spacial score (nSPS) is 11.3. The lowest BCUT2D eigenvalue weighted by atomic mass is 9.87. The Hall–Kier alpha value is -1.32. The van der Waals surface area contributed by atoms with Gasteiger partial charge in [0.25, 0.3) is 0 Å². The molecule has 2 aromatic carbocycles. The highest BCUT2D eigenvalue weighted by Crippen LogP contribution is 2.30. The molecule has 2 nitrogen and oxygen atoms in total. The van der Waals surface area contributed by atoms with Gasteiger partial charge < -0.3 is 5.32 Å². The van der Waals surface area contributed by atoms with Gasteiger partial charge in [-0.2, -0.15) is 0 Å². The molecule has 0 aliphatic rings. The first-order valence-corrected chi connectivity index (χ1v) is 8.77. The summed E-state index contributed by atoms with van der Waals surface area (Å²) in [4.78, 5) is 12.1. The van der Waals surface area contributed by atoms with Crippen LogP contribution < -0.4 is 5.32 Å². The molecule has 0 aliphatic heterocycles. The number of aryl methyl sites for hydroxylation is 1. The average molecular weight is 395 g/mol. The lowest BCUT2D eigenvalue weighted by Crippen LogP contribution is -2.14. The van der Waals surface area contributed by atoms with Gasteiger partial charge in [0.2, 0.25) is 5.91 Å². The molecule has 1 N–H and O–H groups in total. The Kier molecular flexibility index (Phi) is 5.88. The quantitative estimate of drug-likeness (QED) is 0.680. The van der Waals surface area contributed by atoms with Gasteiger partial charge >= 0.3 is 0 Å². The first kappa shape index (κ1) is 18.0. The molecule has 2 rings (SSSR count). The van der Waals surface area contributed by atoms with Gasteiger partial charge in [0.05, 0.1) is 5.69 Å². The maximum absolute atomic E-state index is 12.1. The molecule has 0 bridgehead atoms. The zero-order chi connectivity index (χ0) is 17.0. The molecular weight excluding hydrogens is 374 g/mol. The van der Waals surface area contributed by atoms with E-state index in [1.54, 1.807) is 0 Å². The number of amides is 1. The molecule has 0 unspecified atom stereocenters. The summed E-state index contributed by atoms with van der Waals surface area (Å²) in [7, 11) is 0. The Morgan fingerprint density at radius 1 is 1.13 bits per heavy atom. The van der Waals surface area contributed by atoms with Crippen LogP contribution in [0.4, 0.5) is 5.69 Å². The maximum Gasteiger partial charge on any atom is 0.224 e. The molecule has 0 saturated carbocycles. The van der Waals surface area contributed by atoms with Crippen molar-refractivity contribution < 1.29 is 4.79 Å². The van der Waals surface area contributed by atoms with E-state index in [1.165, 1.54) is 5.56 Å². The zero-order valence-corrected chi connectivity index (χ0v) is 16.0. The molecule has 0 spiro atoms. The van der Waals surface area contributed by atoms with Crippen molar-refractivity contribution in [2.24, 2.45) is 0 Å². The van der Waals surface area contributed by atoms with E-state index in [9.17, 15) is 4.79 Å². The molecule has 122 valence electrons. The van der Waals surface area contributed by atoms with Crippen molar-refractivity contribution in [3.05, 3.63) is 63.1 Å². The third-order valence-electron chi connectivity index (χ3n) is 3.66. The van der Waals surface area contributed by atoms with Crippen LogP contribution in [-0.4, -0.2) is 5.91 Å². The first-order chi connectivity index (χ1) is 10.8. The molecule has 23 heavy (non-hydrogen) atoms. The van der Waals surface area contributed by atoms with Gasteiger partial charge in [-0.05, 0) is 63.2 Å². The number of hydrogen-bond donors (Lipinski definition) is 1. The maximum atomic E-state index is 12.1. The molecule has 0 heterocycles. The highest BCUT2D eigenvalue weighted by atomic mass is 79.9. The predicted molar refractivity (Wildman–Crippen MR) is 101 cm³/mol. The molecule has 0 aliphatic carbocycles. The number of anilines is 1. The monoisotopic (exact) mass is 393 g/mol. The molecule has 1 amide bonds. The van der Waals surface area contributed by atoms with Crippen molar-refractivity contribution in [2.75, 3.05) is 5.32 Å². The highest BCUT2D eigenvalue weighted by Gasteiger charge is 2.15. The number of carbonyl (C=O) groups excluding carboxylic acids is 1. The van der Waals surface area contributed by atoms with E-state index in [2.05, 4.69) is 54.2 Å². The second kappa shape index (κ2) is 7.50. The summed E-state index contributed by atoms with van der Waals surface area (Å²) in [5, 5.41) is 3.67. The van der Waals surface area contributed by atoms with E-state index in [0.717, 1.165) is 15.7 Å². The van der Waals surface area contributed by atoms with Crippen molar-refractivity contribution in [1.82, 2.24) is 0 Å². The highest BCUT2D eigenvalue weighted by molar-refractivity contribution is 9.10. The summed E-state index contributed by atoms with van der Waals surface area (Å²) in [5.41, 5.74) is 3.22. The lowest BCUT2D eigenvalue weighted by Gasteiger charge is -2.20. The first-order valence-electron chi connectivity index (χ1n) is 7.60. The van der Waals surface area contributed by atoms with Gasteiger partial charge in [-0.25, -0.2) is 0 Å². The van der Waals surface area contributed by atoms with Crippen molar-refractivity contribution >= 4 is 39.1 Å². The molecule has 0 fully saturated rings. The lowest BCUT2D eigenvalue weighted by molar-refractivity contribution is -0.116. The zero-order valence-electron chi connectivity index (χ0n) is 13.6.